The smallest absolute Gasteiger partial charge is 0.202 e. The fraction of sp³-hybridized carbons (Fsp3) is 0.600. The zero-order valence-electron chi connectivity index (χ0n) is 12.4. The lowest BCUT2D eigenvalue weighted by Crippen LogP contribution is -2.41. The van der Waals surface area contributed by atoms with E-state index in [1.165, 1.54) is 29.3 Å². The van der Waals surface area contributed by atoms with Crippen molar-refractivity contribution in [2.75, 3.05) is 38.2 Å². The van der Waals surface area contributed by atoms with Gasteiger partial charge < -0.3 is 10.1 Å². The number of aromatic nitrogens is 2. The zero-order valence-corrected chi connectivity index (χ0v) is 14.0. The molecule has 3 heterocycles. The number of nitrogens with one attached hydrogen (secondary N) is 1. The fourth-order valence-corrected chi connectivity index (χ4v) is 4.29. The third-order valence-electron chi connectivity index (χ3n) is 4.19. The summed E-state index contributed by atoms with van der Waals surface area (Å²) in [5.41, 5.74) is 0. The summed E-state index contributed by atoms with van der Waals surface area (Å²) < 4.78 is 9.96. The van der Waals surface area contributed by atoms with E-state index in [9.17, 15) is 0 Å². The highest BCUT2D eigenvalue weighted by atomic mass is 32.1. The predicted molar refractivity (Wildman–Crippen MR) is 89.8 cm³/mol. The molecular weight excluding hydrogens is 316 g/mol. The lowest BCUT2D eigenvalue weighted by Gasteiger charge is -2.34. The molecule has 1 unspecified atom stereocenters. The Kier molecular flexibility index (Phi) is 4.38. The van der Waals surface area contributed by atoms with Gasteiger partial charge in [0.25, 0.3) is 0 Å². The van der Waals surface area contributed by atoms with Crippen molar-refractivity contribution < 1.29 is 4.74 Å². The molecule has 0 amide bonds. The second kappa shape index (κ2) is 6.62. The molecule has 2 aromatic heterocycles. The second-order valence-electron chi connectivity index (χ2n) is 5.79. The van der Waals surface area contributed by atoms with E-state index in [2.05, 4.69) is 37.1 Å². The quantitative estimate of drug-likeness (QED) is 0.879. The van der Waals surface area contributed by atoms with Gasteiger partial charge in [0, 0.05) is 42.0 Å². The maximum Gasteiger partial charge on any atom is 0.202 e. The normalized spacial score (nSPS) is 20.9. The highest BCUT2D eigenvalue weighted by molar-refractivity contribution is 7.10. The molecule has 0 bridgehead atoms. The summed E-state index contributed by atoms with van der Waals surface area (Å²) in [5, 5.41) is 6.61. The number of hydrogen-bond acceptors (Lipinski definition) is 7. The van der Waals surface area contributed by atoms with Crippen molar-refractivity contribution in [3.05, 3.63) is 28.2 Å². The molecule has 2 aliphatic rings. The fourth-order valence-electron chi connectivity index (χ4n) is 2.78. The van der Waals surface area contributed by atoms with Crippen LogP contribution in [-0.4, -0.2) is 47.1 Å². The Hall–Kier alpha value is -1.02. The van der Waals surface area contributed by atoms with E-state index in [-0.39, 0.29) is 0 Å². The van der Waals surface area contributed by atoms with Crippen LogP contribution in [0.1, 0.15) is 35.5 Å². The van der Waals surface area contributed by atoms with Crippen LogP contribution < -0.4 is 5.32 Å². The molecule has 2 fully saturated rings. The van der Waals surface area contributed by atoms with E-state index >= 15 is 0 Å². The van der Waals surface area contributed by atoms with Gasteiger partial charge in [-0.1, -0.05) is 6.07 Å². The van der Waals surface area contributed by atoms with Gasteiger partial charge in [-0.05, 0) is 24.3 Å². The van der Waals surface area contributed by atoms with Crippen molar-refractivity contribution in [2.24, 2.45) is 0 Å². The maximum atomic E-state index is 5.49. The van der Waals surface area contributed by atoms with E-state index in [0.717, 1.165) is 43.8 Å². The van der Waals surface area contributed by atoms with Gasteiger partial charge in [-0.2, -0.15) is 4.37 Å². The molecule has 1 aliphatic carbocycles. The topological polar surface area (TPSA) is 50.3 Å². The first-order valence-corrected chi connectivity index (χ1v) is 9.48. The van der Waals surface area contributed by atoms with Crippen LogP contribution >= 0.6 is 22.9 Å². The molecule has 0 spiro atoms. The van der Waals surface area contributed by atoms with Crippen LogP contribution in [0.3, 0.4) is 0 Å². The molecule has 0 aromatic carbocycles. The lowest BCUT2D eigenvalue weighted by molar-refractivity contribution is 0.0194. The first-order chi connectivity index (χ1) is 10.9. The lowest BCUT2D eigenvalue weighted by atomic mass is 10.2. The Morgan fingerprint density at radius 3 is 2.95 bits per heavy atom. The Bertz CT molecular complexity index is 590. The third-order valence-corrected chi connectivity index (χ3v) is 5.85. The molecule has 1 N–H and O–H groups in total. The summed E-state index contributed by atoms with van der Waals surface area (Å²) in [4.78, 5) is 8.54. The summed E-state index contributed by atoms with van der Waals surface area (Å²) in [6.45, 7) is 4.51. The van der Waals surface area contributed by atoms with Gasteiger partial charge in [-0.15, -0.1) is 11.3 Å². The van der Waals surface area contributed by atoms with Gasteiger partial charge in [0.15, 0.2) is 0 Å². The summed E-state index contributed by atoms with van der Waals surface area (Å²) >= 11 is 3.32. The average Bonchev–Trinajstić information content (AvgIpc) is 3.08. The summed E-state index contributed by atoms with van der Waals surface area (Å²) in [6.07, 6.45) is 2.50. The number of anilines is 1. The Morgan fingerprint density at radius 1 is 1.36 bits per heavy atom. The molecule has 1 saturated carbocycles. The van der Waals surface area contributed by atoms with Gasteiger partial charge in [-0.3, -0.25) is 4.90 Å². The highest BCUT2D eigenvalue weighted by Crippen LogP contribution is 2.39. The van der Waals surface area contributed by atoms with Crippen LogP contribution in [0, 0.1) is 0 Å². The van der Waals surface area contributed by atoms with E-state index in [4.69, 9.17) is 4.74 Å². The molecule has 1 saturated heterocycles. The van der Waals surface area contributed by atoms with Gasteiger partial charge >= 0.3 is 0 Å². The van der Waals surface area contributed by atoms with E-state index in [0.29, 0.717) is 12.0 Å². The van der Waals surface area contributed by atoms with Gasteiger partial charge in [0.1, 0.15) is 5.82 Å². The monoisotopic (exact) mass is 336 g/mol. The largest absolute Gasteiger partial charge is 0.379 e. The van der Waals surface area contributed by atoms with Gasteiger partial charge in [0.05, 0.1) is 19.3 Å². The molecule has 22 heavy (non-hydrogen) atoms. The molecule has 118 valence electrons. The van der Waals surface area contributed by atoms with Crippen LogP contribution in [0.2, 0.25) is 0 Å². The molecular formula is C15H20N4OS2. The Labute approximate surface area is 138 Å². The predicted octanol–water partition coefficient (Wildman–Crippen LogP) is 2.96. The van der Waals surface area contributed by atoms with Crippen LogP contribution in [0.4, 0.5) is 5.13 Å². The zero-order chi connectivity index (χ0) is 14.8. The van der Waals surface area contributed by atoms with Crippen molar-refractivity contribution in [2.45, 2.75) is 24.8 Å². The van der Waals surface area contributed by atoms with Gasteiger partial charge in [-0.25, -0.2) is 4.98 Å². The van der Waals surface area contributed by atoms with Crippen molar-refractivity contribution >= 4 is 28.0 Å². The number of nitrogens with zero attached hydrogens (tertiary/aromatic N) is 3. The molecule has 1 atom stereocenters. The molecule has 1 aliphatic heterocycles. The Morgan fingerprint density at radius 2 is 2.23 bits per heavy atom. The highest BCUT2D eigenvalue weighted by Gasteiger charge is 2.28. The molecule has 0 radical (unpaired) electrons. The molecule has 4 rings (SSSR count). The van der Waals surface area contributed by atoms with Crippen LogP contribution in [0.15, 0.2) is 17.5 Å². The van der Waals surface area contributed by atoms with E-state index < -0.39 is 0 Å². The number of rotatable bonds is 6. The van der Waals surface area contributed by atoms with Crippen LogP contribution in [-0.2, 0) is 4.74 Å². The summed E-state index contributed by atoms with van der Waals surface area (Å²) in [5.74, 6) is 1.66. The van der Waals surface area contributed by atoms with E-state index in [1.54, 1.807) is 0 Å². The first kappa shape index (κ1) is 14.6. The molecule has 7 heteroatoms. The number of ether oxygens (including phenoxy) is 1. The summed E-state index contributed by atoms with van der Waals surface area (Å²) in [7, 11) is 0. The molecule has 2 aromatic rings. The Balaban J connectivity index is 1.43. The standard InChI is InChI=1S/C15H20N4OS2/c1-2-13(21-9-1)12(19-5-7-20-8-6-19)10-16-15-17-14(18-22-15)11-3-4-11/h1-2,9,11-12H,3-8,10H2,(H,16,17,18). The average molecular weight is 336 g/mol. The van der Waals surface area contributed by atoms with Gasteiger partial charge in [0.2, 0.25) is 5.13 Å². The van der Waals surface area contributed by atoms with Crippen molar-refractivity contribution in [1.82, 2.24) is 14.3 Å². The minimum atomic E-state index is 0.386. The van der Waals surface area contributed by atoms with Crippen molar-refractivity contribution in [3.63, 3.8) is 0 Å². The minimum absolute atomic E-state index is 0.386. The third kappa shape index (κ3) is 3.32. The first-order valence-electron chi connectivity index (χ1n) is 7.83. The summed E-state index contributed by atoms with van der Waals surface area (Å²) in [6, 6.07) is 4.74. The van der Waals surface area contributed by atoms with Crippen LogP contribution in [0.5, 0.6) is 0 Å². The minimum Gasteiger partial charge on any atom is -0.379 e. The number of morpholine rings is 1. The number of hydrogen-bond donors (Lipinski definition) is 1. The van der Waals surface area contributed by atoms with E-state index in [1.807, 2.05) is 11.3 Å². The van der Waals surface area contributed by atoms with Crippen LogP contribution in [0.25, 0.3) is 0 Å². The number of thiophene rings is 1. The van der Waals surface area contributed by atoms with Crippen molar-refractivity contribution in [3.8, 4) is 0 Å². The van der Waals surface area contributed by atoms with Crippen molar-refractivity contribution in [1.29, 1.82) is 0 Å². The second-order valence-corrected chi connectivity index (χ2v) is 7.52. The molecule has 5 nitrogen and oxygen atoms in total. The maximum absolute atomic E-state index is 5.49. The SMILES string of the molecule is c1csc(C(CNc2nc(C3CC3)ns2)N2CCOCC2)c1.